The van der Waals surface area contributed by atoms with E-state index >= 15 is 0 Å². The number of hydrogen-bond acceptors (Lipinski definition) is 3. The first-order chi connectivity index (χ1) is 7.72. The lowest BCUT2D eigenvalue weighted by atomic mass is 10.0. The smallest absolute Gasteiger partial charge is 0.0503 e. The van der Waals surface area contributed by atoms with E-state index in [2.05, 4.69) is 18.7 Å². The van der Waals surface area contributed by atoms with Gasteiger partial charge in [-0.3, -0.25) is 4.90 Å². The van der Waals surface area contributed by atoms with E-state index in [-0.39, 0.29) is 0 Å². The maximum atomic E-state index is 6.27. The van der Waals surface area contributed by atoms with Crippen molar-refractivity contribution in [2.24, 2.45) is 11.7 Å². The van der Waals surface area contributed by atoms with Gasteiger partial charge in [0.1, 0.15) is 0 Å². The van der Waals surface area contributed by atoms with Crippen LogP contribution in [0.3, 0.4) is 0 Å². The lowest BCUT2D eigenvalue weighted by Gasteiger charge is -2.31. The standard InChI is InChI=1S/C13H28N2O/c1-4-6-12(14)13(5-2)15-8-7-11(9-15)10-16-3/h11-13H,4-10,14H2,1-3H3. The third-order valence-corrected chi connectivity index (χ3v) is 3.72. The molecular weight excluding hydrogens is 200 g/mol. The Morgan fingerprint density at radius 1 is 1.44 bits per heavy atom. The molecule has 1 heterocycles. The molecule has 0 saturated carbocycles. The minimum absolute atomic E-state index is 0.344. The molecule has 0 aliphatic carbocycles. The number of ether oxygens (including phenoxy) is 1. The van der Waals surface area contributed by atoms with Crippen LogP contribution in [0.2, 0.25) is 0 Å². The Labute approximate surface area is 100 Å². The van der Waals surface area contributed by atoms with Gasteiger partial charge < -0.3 is 10.5 Å². The molecule has 0 bridgehead atoms. The minimum atomic E-state index is 0.344. The molecule has 3 atom stereocenters. The highest BCUT2D eigenvalue weighted by molar-refractivity contribution is 4.86. The molecule has 1 saturated heterocycles. The highest BCUT2D eigenvalue weighted by atomic mass is 16.5. The zero-order valence-electron chi connectivity index (χ0n) is 11.1. The molecule has 0 aromatic carbocycles. The van der Waals surface area contributed by atoms with E-state index in [0.29, 0.717) is 18.0 Å². The summed E-state index contributed by atoms with van der Waals surface area (Å²) in [5.41, 5.74) is 6.27. The average molecular weight is 228 g/mol. The fourth-order valence-corrected chi connectivity index (χ4v) is 2.89. The van der Waals surface area contributed by atoms with Crippen LogP contribution in [-0.2, 0) is 4.74 Å². The highest BCUT2D eigenvalue weighted by Gasteiger charge is 2.29. The van der Waals surface area contributed by atoms with Gasteiger partial charge >= 0.3 is 0 Å². The third kappa shape index (κ3) is 3.72. The molecule has 16 heavy (non-hydrogen) atoms. The number of nitrogens with two attached hydrogens (primary N) is 1. The van der Waals surface area contributed by atoms with Crippen LogP contribution in [0.4, 0.5) is 0 Å². The second kappa shape index (κ2) is 7.25. The van der Waals surface area contributed by atoms with Gasteiger partial charge in [-0.1, -0.05) is 20.3 Å². The molecule has 3 unspecified atom stereocenters. The van der Waals surface area contributed by atoms with Gasteiger partial charge in [-0.2, -0.15) is 0 Å². The van der Waals surface area contributed by atoms with Crippen LogP contribution in [0.15, 0.2) is 0 Å². The molecule has 1 aliphatic heterocycles. The van der Waals surface area contributed by atoms with Gasteiger partial charge in [0.2, 0.25) is 0 Å². The molecule has 3 heteroatoms. The average Bonchev–Trinajstić information content (AvgIpc) is 2.68. The van der Waals surface area contributed by atoms with Gasteiger partial charge in [0.15, 0.2) is 0 Å². The maximum Gasteiger partial charge on any atom is 0.0503 e. The first-order valence-electron chi connectivity index (χ1n) is 6.71. The van der Waals surface area contributed by atoms with Gasteiger partial charge in [0.05, 0.1) is 6.61 Å². The Balaban J connectivity index is 2.42. The predicted octanol–water partition coefficient (Wildman–Crippen LogP) is 1.86. The molecule has 1 rings (SSSR count). The zero-order valence-corrected chi connectivity index (χ0v) is 11.1. The maximum absolute atomic E-state index is 6.27. The molecule has 0 spiro atoms. The van der Waals surface area contributed by atoms with Crippen LogP contribution >= 0.6 is 0 Å². The van der Waals surface area contributed by atoms with E-state index in [4.69, 9.17) is 10.5 Å². The molecular formula is C13H28N2O. The van der Waals surface area contributed by atoms with Crippen molar-refractivity contribution in [2.75, 3.05) is 26.8 Å². The van der Waals surface area contributed by atoms with E-state index in [0.717, 1.165) is 13.0 Å². The monoisotopic (exact) mass is 228 g/mol. The number of methoxy groups -OCH3 is 1. The lowest BCUT2D eigenvalue weighted by Crippen LogP contribution is -2.46. The van der Waals surface area contributed by atoms with Crippen LogP contribution in [0, 0.1) is 5.92 Å². The Kier molecular flexibility index (Phi) is 6.32. The number of rotatable bonds is 7. The fraction of sp³-hybridized carbons (Fsp3) is 1.00. The SMILES string of the molecule is CCCC(N)C(CC)N1CCC(COC)C1. The molecule has 1 aliphatic rings. The van der Waals surface area contributed by atoms with Crippen LogP contribution in [0.5, 0.6) is 0 Å². The summed E-state index contributed by atoms with van der Waals surface area (Å²) in [6.07, 6.45) is 4.76. The van der Waals surface area contributed by atoms with Crippen molar-refractivity contribution >= 4 is 0 Å². The number of hydrogen-bond donors (Lipinski definition) is 1. The second-order valence-corrected chi connectivity index (χ2v) is 5.03. The van der Waals surface area contributed by atoms with E-state index in [1.165, 1.54) is 32.4 Å². The molecule has 0 aromatic heterocycles. The Morgan fingerprint density at radius 2 is 2.19 bits per heavy atom. The second-order valence-electron chi connectivity index (χ2n) is 5.03. The van der Waals surface area contributed by atoms with E-state index < -0.39 is 0 Å². The summed E-state index contributed by atoms with van der Waals surface area (Å²) in [7, 11) is 1.79. The first kappa shape index (κ1) is 13.9. The van der Waals surface area contributed by atoms with Crippen LogP contribution in [0.1, 0.15) is 39.5 Å². The van der Waals surface area contributed by atoms with Crippen molar-refractivity contribution < 1.29 is 4.74 Å². The summed E-state index contributed by atoms with van der Waals surface area (Å²) in [5.74, 6) is 0.716. The molecule has 0 amide bonds. The van der Waals surface area contributed by atoms with E-state index in [1.54, 1.807) is 7.11 Å². The molecule has 96 valence electrons. The quantitative estimate of drug-likeness (QED) is 0.723. The van der Waals surface area contributed by atoms with Crippen LogP contribution < -0.4 is 5.73 Å². The Morgan fingerprint density at radius 3 is 2.75 bits per heavy atom. The summed E-state index contributed by atoms with van der Waals surface area (Å²) in [5, 5.41) is 0. The van der Waals surface area contributed by atoms with Crippen molar-refractivity contribution in [1.82, 2.24) is 4.90 Å². The largest absolute Gasteiger partial charge is 0.384 e. The van der Waals surface area contributed by atoms with Gasteiger partial charge in [-0.15, -0.1) is 0 Å². The molecule has 2 N–H and O–H groups in total. The minimum Gasteiger partial charge on any atom is -0.384 e. The van der Waals surface area contributed by atoms with Crippen LogP contribution in [0.25, 0.3) is 0 Å². The first-order valence-corrected chi connectivity index (χ1v) is 6.71. The Bertz CT molecular complexity index is 187. The molecule has 0 aromatic rings. The van der Waals surface area contributed by atoms with Crippen molar-refractivity contribution in [2.45, 2.75) is 51.6 Å². The van der Waals surface area contributed by atoms with Crippen molar-refractivity contribution in [3.05, 3.63) is 0 Å². The zero-order chi connectivity index (χ0) is 12.0. The van der Waals surface area contributed by atoms with E-state index in [9.17, 15) is 0 Å². The molecule has 3 nitrogen and oxygen atoms in total. The molecule has 0 radical (unpaired) electrons. The highest BCUT2D eigenvalue weighted by Crippen LogP contribution is 2.22. The lowest BCUT2D eigenvalue weighted by molar-refractivity contribution is 0.140. The topological polar surface area (TPSA) is 38.5 Å². The summed E-state index contributed by atoms with van der Waals surface area (Å²) in [6, 6.07) is 0.915. The van der Waals surface area contributed by atoms with Crippen molar-refractivity contribution in [3.8, 4) is 0 Å². The summed E-state index contributed by atoms with van der Waals surface area (Å²) in [6.45, 7) is 7.73. The van der Waals surface area contributed by atoms with E-state index in [1.807, 2.05) is 0 Å². The summed E-state index contributed by atoms with van der Waals surface area (Å²) in [4.78, 5) is 2.57. The van der Waals surface area contributed by atoms with Gasteiger partial charge in [0, 0.05) is 25.7 Å². The molecule has 1 fully saturated rings. The van der Waals surface area contributed by atoms with Crippen molar-refractivity contribution in [1.29, 1.82) is 0 Å². The van der Waals surface area contributed by atoms with Crippen molar-refractivity contribution in [3.63, 3.8) is 0 Å². The predicted molar refractivity (Wildman–Crippen MR) is 68.5 cm³/mol. The number of nitrogens with zero attached hydrogens (tertiary/aromatic N) is 1. The fourth-order valence-electron chi connectivity index (χ4n) is 2.89. The summed E-state index contributed by atoms with van der Waals surface area (Å²) < 4.78 is 5.24. The van der Waals surface area contributed by atoms with Gasteiger partial charge in [-0.25, -0.2) is 0 Å². The third-order valence-electron chi connectivity index (χ3n) is 3.72. The van der Waals surface area contributed by atoms with Gasteiger partial charge in [-0.05, 0) is 31.7 Å². The van der Waals surface area contributed by atoms with Gasteiger partial charge in [0.25, 0.3) is 0 Å². The Hall–Kier alpha value is -0.120. The number of likely N-dealkylation sites (tertiary alicyclic amines) is 1. The normalized spacial score (nSPS) is 25.9. The summed E-state index contributed by atoms with van der Waals surface area (Å²) >= 11 is 0. The van der Waals surface area contributed by atoms with Crippen LogP contribution in [-0.4, -0.2) is 43.8 Å².